The number of carbonyl (C=O) groups excluding carboxylic acids is 1. The molecule has 4 aromatic heterocycles. The molecule has 1 aromatic carbocycles. The molecule has 10 heteroatoms. The first-order valence-corrected chi connectivity index (χ1v) is 9.77. The smallest absolute Gasteiger partial charge is 0.259 e. The third-order valence-electron chi connectivity index (χ3n) is 4.93. The summed E-state index contributed by atoms with van der Waals surface area (Å²) < 4.78 is 15.9. The molecular weight excluding hydrogens is 412 g/mol. The van der Waals surface area contributed by atoms with Crippen LogP contribution < -0.4 is 10.1 Å². The maximum absolute atomic E-state index is 13.0. The highest BCUT2D eigenvalue weighted by Gasteiger charge is 2.20. The topological polar surface area (TPSA) is 132 Å². The summed E-state index contributed by atoms with van der Waals surface area (Å²) in [6.45, 7) is 1.92. The molecular formula is C22H18N6O4. The van der Waals surface area contributed by atoms with Crippen molar-refractivity contribution >= 4 is 17.0 Å². The second kappa shape index (κ2) is 7.99. The summed E-state index contributed by atoms with van der Waals surface area (Å²) in [6.07, 6.45) is 1.54. The largest absolute Gasteiger partial charge is 0.497 e. The van der Waals surface area contributed by atoms with Crippen molar-refractivity contribution in [1.29, 1.82) is 0 Å². The number of aromatic amines is 1. The van der Waals surface area contributed by atoms with E-state index in [-0.39, 0.29) is 18.2 Å². The van der Waals surface area contributed by atoms with Crippen LogP contribution in [0.15, 0.2) is 57.7 Å². The molecule has 2 N–H and O–H groups in total. The Labute approximate surface area is 181 Å². The lowest BCUT2D eigenvalue weighted by Crippen LogP contribution is -2.24. The molecule has 0 fully saturated rings. The fourth-order valence-electron chi connectivity index (χ4n) is 3.33. The Morgan fingerprint density at radius 3 is 2.78 bits per heavy atom. The summed E-state index contributed by atoms with van der Waals surface area (Å²) in [5.41, 5.74) is 2.53. The minimum Gasteiger partial charge on any atom is -0.497 e. The normalized spacial score (nSPS) is 11.1. The van der Waals surface area contributed by atoms with Crippen molar-refractivity contribution in [2.24, 2.45) is 0 Å². The van der Waals surface area contributed by atoms with E-state index < -0.39 is 0 Å². The highest BCUT2D eigenvalue weighted by atomic mass is 16.5. The number of benzene rings is 1. The lowest BCUT2D eigenvalue weighted by Gasteiger charge is -2.06. The lowest BCUT2D eigenvalue weighted by molar-refractivity contribution is 0.0951. The number of amides is 1. The van der Waals surface area contributed by atoms with Crippen LogP contribution in [0.3, 0.4) is 0 Å². The quantitative estimate of drug-likeness (QED) is 0.418. The highest BCUT2D eigenvalue weighted by molar-refractivity contribution is 6.06. The number of nitrogens with one attached hydrogen (secondary N) is 2. The second-order valence-corrected chi connectivity index (χ2v) is 7.00. The number of hydrogen-bond acceptors (Lipinski definition) is 8. The zero-order valence-electron chi connectivity index (χ0n) is 17.2. The van der Waals surface area contributed by atoms with Crippen molar-refractivity contribution in [2.45, 2.75) is 13.5 Å². The maximum atomic E-state index is 13.0. The summed E-state index contributed by atoms with van der Waals surface area (Å²) in [4.78, 5) is 21.9. The molecule has 0 radical (unpaired) electrons. The Hall–Kier alpha value is -4.47. The van der Waals surface area contributed by atoms with E-state index in [0.29, 0.717) is 39.7 Å². The van der Waals surface area contributed by atoms with E-state index in [0.717, 1.165) is 11.3 Å². The number of ether oxygens (including phenoxy) is 1. The van der Waals surface area contributed by atoms with Crippen LogP contribution >= 0.6 is 0 Å². The fraction of sp³-hybridized carbons (Fsp3) is 0.136. The number of H-pyrrole nitrogens is 1. The van der Waals surface area contributed by atoms with Gasteiger partial charge in [-0.25, -0.2) is 9.97 Å². The van der Waals surface area contributed by atoms with E-state index >= 15 is 0 Å². The molecule has 160 valence electrons. The molecule has 0 aliphatic heterocycles. The van der Waals surface area contributed by atoms with Crippen molar-refractivity contribution in [1.82, 2.24) is 30.6 Å². The van der Waals surface area contributed by atoms with Gasteiger partial charge < -0.3 is 19.0 Å². The zero-order valence-corrected chi connectivity index (χ0v) is 17.2. The fourth-order valence-corrected chi connectivity index (χ4v) is 3.33. The van der Waals surface area contributed by atoms with Crippen LogP contribution in [0.4, 0.5) is 0 Å². The van der Waals surface area contributed by atoms with Crippen molar-refractivity contribution in [2.75, 3.05) is 7.11 Å². The van der Waals surface area contributed by atoms with Crippen molar-refractivity contribution in [3.63, 3.8) is 0 Å². The summed E-state index contributed by atoms with van der Waals surface area (Å²) in [5.74, 6) is 1.99. The first kappa shape index (κ1) is 19.5. The Morgan fingerprint density at radius 1 is 1.19 bits per heavy atom. The number of pyridine rings is 1. The molecule has 4 heterocycles. The van der Waals surface area contributed by atoms with E-state index in [2.05, 4.69) is 30.6 Å². The maximum Gasteiger partial charge on any atom is 0.259 e. The van der Waals surface area contributed by atoms with Gasteiger partial charge in [-0.05, 0) is 49.4 Å². The number of hydrogen-bond donors (Lipinski definition) is 2. The third-order valence-corrected chi connectivity index (χ3v) is 4.93. The number of aryl methyl sites for hydroxylation is 1. The summed E-state index contributed by atoms with van der Waals surface area (Å²) >= 11 is 0. The minimum atomic E-state index is -0.320. The Balaban J connectivity index is 1.37. The second-order valence-electron chi connectivity index (χ2n) is 7.00. The van der Waals surface area contributed by atoms with Gasteiger partial charge in [0.2, 0.25) is 0 Å². The molecule has 10 nitrogen and oxygen atoms in total. The summed E-state index contributed by atoms with van der Waals surface area (Å²) in [7, 11) is 1.61. The summed E-state index contributed by atoms with van der Waals surface area (Å²) in [5, 5.41) is 14.4. The van der Waals surface area contributed by atoms with Crippen LogP contribution in [0, 0.1) is 6.92 Å². The van der Waals surface area contributed by atoms with Gasteiger partial charge in [0.15, 0.2) is 11.6 Å². The van der Waals surface area contributed by atoms with Crippen LogP contribution in [-0.2, 0) is 6.54 Å². The van der Waals surface area contributed by atoms with E-state index in [1.807, 2.05) is 24.3 Å². The van der Waals surface area contributed by atoms with Crippen LogP contribution in [0.5, 0.6) is 5.75 Å². The molecule has 5 rings (SSSR count). The average molecular weight is 430 g/mol. The van der Waals surface area contributed by atoms with Crippen molar-refractivity contribution in [3.8, 4) is 28.6 Å². The number of aromatic nitrogens is 5. The summed E-state index contributed by atoms with van der Waals surface area (Å²) in [6, 6.07) is 12.6. The number of furan rings is 1. The Bertz CT molecular complexity index is 1390. The standard InChI is InChI=1S/C22H18N6O4/c1-12-19-15(10-16(17-4-3-9-31-17)24-22(19)32-28-12)21(29)23-11-18-25-20(27-26-18)13-5-7-14(30-2)8-6-13/h3-10H,11H2,1-2H3,(H,23,29)(H,25,26,27). The average Bonchev–Trinajstić information content (AvgIpc) is 3.59. The van der Waals surface area contributed by atoms with Gasteiger partial charge >= 0.3 is 0 Å². The molecule has 0 atom stereocenters. The molecule has 0 aliphatic rings. The first-order chi connectivity index (χ1) is 15.6. The van der Waals surface area contributed by atoms with Gasteiger partial charge in [0, 0.05) is 5.56 Å². The Kier molecular flexibility index (Phi) is 4.86. The predicted octanol–water partition coefficient (Wildman–Crippen LogP) is 3.51. The third kappa shape index (κ3) is 3.58. The monoisotopic (exact) mass is 430 g/mol. The predicted molar refractivity (Wildman–Crippen MR) is 114 cm³/mol. The molecule has 0 aliphatic carbocycles. The molecule has 0 unspecified atom stereocenters. The number of nitrogens with zero attached hydrogens (tertiary/aromatic N) is 4. The number of carbonyl (C=O) groups is 1. The number of methoxy groups -OCH3 is 1. The Morgan fingerprint density at radius 2 is 2.03 bits per heavy atom. The SMILES string of the molecule is COc1ccc(-c2n[nH]c(CNC(=O)c3cc(-c4ccco4)nc4onc(C)c34)n2)cc1. The van der Waals surface area contributed by atoms with Gasteiger partial charge in [0.25, 0.3) is 11.6 Å². The number of fused-ring (bicyclic) bond motifs is 1. The molecule has 0 bridgehead atoms. The molecule has 32 heavy (non-hydrogen) atoms. The van der Waals surface area contributed by atoms with Gasteiger partial charge in [-0.1, -0.05) is 5.16 Å². The van der Waals surface area contributed by atoms with Crippen LogP contribution in [0.25, 0.3) is 33.9 Å². The first-order valence-electron chi connectivity index (χ1n) is 9.77. The van der Waals surface area contributed by atoms with Crippen LogP contribution in [0.2, 0.25) is 0 Å². The molecule has 5 aromatic rings. The van der Waals surface area contributed by atoms with Gasteiger partial charge in [-0.3, -0.25) is 9.89 Å². The van der Waals surface area contributed by atoms with E-state index in [4.69, 9.17) is 13.7 Å². The molecule has 0 spiro atoms. The van der Waals surface area contributed by atoms with E-state index in [9.17, 15) is 4.79 Å². The van der Waals surface area contributed by atoms with E-state index in [1.54, 1.807) is 32.2 Å². The van der Waals surface area contributed by atoms with Crippen molar-refractivity contribution in [3.05, 3.63) is 65.8 Å². The van der Waals surface area contributed by atoms with E-state index in [1.165, 1.54) is 6.26 Å². The zero-order chi connectivity index (χ0) is 22.1. The molecule has 1 amide bonds. The van der Waals surface area contributed by atoms with Gasteiger partial charge in [-0.15, -0.1) is 0 Å². The van der Waals surface area contributed by atoms with Crippen LogP contribution in [-0.4, -0.2) is 38.3 Å². The number of rotatable bonds is 6. The van der Waals surface area contributed by atoms with Gasteiger partial charge in [0.05, 0.1) is 36.6 Å². The van der Waals surface area contributed by atoms with Crippen molar-refractivity contribution < 1.29 is 18.5 Å². The highest BCUT2D eigenvalue weighted by Crippen LogP contribution is 2.27. The van der Waals surface area contributed by atoms with Gasteiger partial charge in [-0.2, -0.15) is 5.10 Å². The lowest BCUT2D eigenvalue weighted by atomic mass is 10.1. The van der Waals surface area contributed by atoms with Gasteiger partial charge in [0.1, 0.15) is 17.3 Å². The molecule has 0 saturated heterocycles. The molecule has 0 saturated carbocycles. The van der Waals surface area contributed by atoms with Crippen LogP contribution in [0.1, 0.15) is 21.9 Å². The minimum absolute atomic E-state index is 0.159.